The highest BCUT2D eigenvalue weighted by molar-refractivity contribution is 5.39. The second-order valence-electron chi connectivity index (χ2n) is 5.50. The van der Waals surface area contributed by atoms with E-state index in [0.717, 1.165) is 24.5 Å². The normalized spacial score (nSPS) is 14.1. The molecule has 0 radical (unpaired) electrons. The van der Waals surface area contributed by atoms with Crippen molar-refractivity contribution in [3.8, 4) is 11.5 Å². The summed E-state index contributed by atoms with van der Waals surface area (Å²) in [5, 5.41) is 3.35. The summed E-state index contributed by atoms with van der Waals surface area (Å²) in [6, 6.07) is 8.37. The molecule has 0 fully saturated rings. The average Bonchev–Trinajstić information content (AvgIpc) is 2.44. The lowest BCUT2D eigenvalue weighted by Crippen LogP contribution is -2.34. The van der Waals surface area contributed by atoms with E-state index in [4.69, 9.17) is 9.47 Å². The first-order valence-corrected chi connectivity index (χ1v) is 7.62. The van der Waals surface area contributed by atoms with Crippen molar-refractivity contribution in [2.45, 2.75) is 40.2 Å². The number of benzene rings is 1. The monoisotopic (exact) mass is 279 g/mol. The third kappa shape index (κ3) is 5.04. The van der Waals surface area contributed by atoms with Gasteiger partial charge in [0.25, 0.3) is 0 Å². The summed E-state index contributed by atoms with van der Waals surface area (Å²) in [5.41, 5.74) is 0. The highest BCUT2D eigenvalue weighted by Gasteiger charge is 2.19. The molecule has 114 valence electrons. The van der Waals surface area contributed by atoms with Crippen LogP contribution in [0.3, 0.4) is 0 Å². The Morgan fingerprint density at radius 1 is 1.05 bits per heavy atom. The molecule has 20 heavy (non-hydrogen) atoms. The van der Waals surface area contributed by atoms with E-state index >= 15 is 0 Å². The number of ether oxygens (including phenoxy) is 2. The maximum atomic E-state index is 5.91. The quantitative estimate of drug-likeness (QED) is 0.747. The lowest BCUT2D eigenvalue weighted by atomic mass is 9.87. The van der Waals surface area contributed by atoms with Crippen molar-refractivity contribution in [2.24, 2.45) is 11.8 Å². The summed E-state index contributed by atoms with van der Waals surface area (Å²) in [6.45, 7) is 10.1. The zero-order valence-electron chi connectivity index (χ0n) is 13.5. The van der Waals surface area contributed by atoms with Crippen LogP contribution in [0, 0.1) is 11.8 Å². The van der Waals surface area contributed by atoms with Crippen LogP contribution in [-0.2, 0) is 0 Å². The van der Waals surface area contributed by atoms with E-state index in [-0.39, 0.29) is 0 Å². The molecule has 3 heteroatoms. The molecule has 0 aromatic heterocycles. The molecule has 1 N–H and O–H groups in total. The van der Waals surface area contributed by atoms with Gasteiger partial charge in [0.1, 0.15) is 0 Å². The molecular formula is C17H29NO2. The van der Waals surface area contributed by atoms with Crippen LogP contribution in [0.1, 0.15) is 34.1 Å². The SMILES string of the molecule is CCOc1ccccc1OCCC(C(C)C)C(C)NC. The van der Waals surface area contributed by atoms with Crippen LogP contribution >= 0.6 is 0 Å². The molecule has 1 rings (SSSR count). The van der Waals surface area contributed by atoms with Crippen molar-refractivity contribution >= 4 is 0 Å². The highest BCUT2D eigenvalue weighted by atomic mass is 16.5. The summed E-state index contributed by atoms with van der Waals surface area (Å²) in [7, 11) is 2.02. The summed E-state index contributed by atoms with van der Waals surface area (Å²) in [4.78, 5) is 0. The van der Waals surface area contributed by atoms with Gasteiger partial charge in [-0.2, -0.15) is 0 Å². The molecule has 0 bridgehead atoms. The van der Waals surface area contributed by atoms with Gasteiger partial charge in [0, 0.05) is 6.04 Å². The topological polar surface area (TPSA) is 30.5 Å². The first-order valence-electron chi connectivity index (χ1n) is 7.62. The van der Waals surface area contributed by atoms with Crippen LogP contribution < -0.4 is 14.8 Å². The predicted octanol–water partition coefficient (Wildman–Crippen LogP) is 3.73. The van der Waals surface area contributed by atoms with Gasteiger partial charge >= 0.3 is 0 Å². The molecule has 1 aromatic carbocycles. The van der Waals surface area contributed by atoms with Gasteiger partial charge in [-0.05, 0) is 51.3 Å². The fourth-order valence-corrected chi connectivity index (χ4v) is 2.52. The minimum Gasteiger partial charge on any atom is -0.490 e. The molecule has 0 aliphatic rings. The van der Waals surface area contributed by atoms with Gasteiger partial charge in [0.15, 0.2) is 11.5 Å². The molecule has 1 aromatic rings. The first kappa shape index (κ1) is 16.8. The molecule has 0 aliphatic heterocycles. The second kappa shape index (κ2) is 8.85. The minimum atomic E-state index is 0.501. The molecular weight excluding hydrogens is 250 g/mol. The Balaban J connectivity index is 2.54. The van der Waals surface area contributed by atoms with Crippen molar-refractivity contribution < 1.29 is 9.47 Å². The molecule has 2 atom stereocenters. The van der Waals surface area contributed by atoms with E-state index in [9.17, 15) is 0 Å². The lowest BCUT2D eigenvalue weighted by molar-refractivity contribution is 0.210. The van der Waals surface area contributed by atoms with E-state index in [1.807, 2.05) is 38.2 Å². The first-order chi connectivity index (χ1) is 9.60. The van der Waals surface area contributed by atoms with Crippen molar-refractivity contribution in [3.63, 3.8) is 0 Å². The van der Waals surface area contributed by atoms with Crippen LogP contribution in [0.4, 0.5) is 0 Å². The van der Waals surface area contributed by atoms with Crippen molar-refractivity contribution in [1.82, 2.24) is 5.32 Å². The van der Waals surface area contributed by atoms with Crippen LogP contribution in [0.15, 0.2) is 24.3 Å². The third-order valence-electron chi connectivity index (χ3n) is 3.81. The summed E-state index contributed by atoms with van der Waals surface area (Å²) < 4.78 is 11.5. The van der Waals surface area contributed by atoms with Gasteiger partial charge in [0.2, 0.25) is 0 Å². The van der Waals surface area contributed by atoms with Gasteiger partial charge in [-0.1, -0.05) is 26.0 Å². The smallest absolute Gasteiger partial charge is 0.161 e. The third-order valence-corrected chi connectivity index (χ3v) is 3.81. The number of hydrogen-bond donors (Lipinski definition) is 1. The van der Waals surface area contributed by atoms with Gasteiger partial charge in [-0.25, -0.2) is 0 Å². The summed E-state index contributed by atoms with van der Waals surface area (Å²) in [6.07, 6.45) is 1.04. The standard InChI is InChI=1S/C17H29NO2/c1-6-19-16-9-7-8-10-17(16)20-12-11-15(13(2)3)14(4)18-5/h7-10,13-15,18H,6,11-12H2,1-5H3. The van der Waals surface area contributed by atoms with Crippen molar-refractivity contribution in [1.29, 1.82) is 0 Å². The molecule has 2 unspecified atom stereocenters. The lowest BCUT2D eigenvalue weighted by Gasteiger charge is -2.27. The Kier molecular flexibility index (Phi) is 7.45. The zero-order valence-corrected chi connectivity index (χ0v) is 13.5. The van der Waals surface area contributed by atoms with Gasteiger partial charge in [-0.15, -0.1) is 0 Å². The number of hydrogen-bond acceptors (Lipinski definition) is 3. The van der Waals surface area contributed by atoms with Crippen LogP contribution in [0.25, 0.3) is 0 Å². The van der Waals surface area contributed by atoms with E-state index in [0.29, 0.717) is 24.5 Å². The largest absolute Gasteiger partial charge is 0.490 e. The summed E-state index contributed by atoms with van der Waals surface area (Å²) in [5.74, 6) is 2.93. The van der Waals surface area contributed by atoms with E-state index in [2.05, 4.69) is 26.1 Å². The Morgan fingerprint density at radius 2 is 1.65 bits per heavy atom. The molecule has 0 amide bonds. The number of rotatable bonds is 9. The molecule has 3 nitrogen and oxygen atoms in total. The van der Waals surface area contributed by atoms with Gasteiger partial charge < -0.3 is 14.8 Å². The number of para-hydroxylation sites is 2. The molecule has 0 spiro atoms. The van der Waals surface area contributed by atoms with Gasteiger partial charge in [0.05, 0.1) is 13.2 Å². The fraction of sp³-hybridized carbons (Fsp3) is 0.647. The predicted molar refractivity (Wildman–Crippen MR) is 84.6 cm³/mol. The average molecular weight is 279 g/mol. The molecule has 0 aliphatic carbocycles. The van der Waals surface area contributed by atoms with E-state index < -0.39 is 0 Å². The van der Waals surface area contributed by atoms with Gasteiger partial charge in [-0.3, -0.25) is 0 Å². The minimum absolute atomic E-state index is 0.501. The van der Waals surface area contributed by atoms with Crippen LogP contribution in [0.5, 0.6) is 11.5 Å². The second-order valence-corrected chi connectivity index (χ2v) is 5.50. The van der Waals surface area contributed by atoms with Crippen molar-refractivity contribution in [2.75, 3.05) is 20.3 Å². The van der Waals surface area contributed by atoms with Crippen LogP contribution in [0.2, 0.25) is 0 Å². The van der Waals surface area contributed by atoms with E-state index in [1.54, 1.807) is 0 Å². The van der Waals surface area contributed by atoms with Crippen molar-refractivity contribution in [3.05, 3.63) is 24.3 Å². The Hall–Kier alpha value is -1.22. The number of nitrogens with one attached hydrogen (secondary N) is 1. The van der Waals surface area contributed by atoms with Crippen LogP contribution in [-0.4, -0.2) is 26.3 Å². The molecule has 0 saturated heterocycles. The highest BCUT2D eigenvalue weighted by Crippen LogP contribution is 2.27. The maximum Gasteiger partial charge on any atom is 0.161 e. The fourth-order valence-electron chi connectivity index (χ4n) is 2.52. The van der Waals surface area contributed by atoms with E-state index in [1.165, 1.54) is 0 Å². The Labute approximate surface area is 123 Å². The maximum absolute atomic E-state index is 5.91. The Bertz CT molecular complexity index is 379. The molecule has 0 heterocycles. The molecule has 0 saturated carbocycles. The Morgan fingerprint density at radius 3 is 2.15 bits per heavy atom. The summed E-state index contributed by atoms with van der Waals surface area (Å²) >= 11 is 0. The zero-order chi connectivity index (χ0) is 15.0.